The van der Waals surface area contributed by atoms with Crippen molar-refractivity contribution in [2.45, 2.75) is 19.4 Å². The molecule has 5 rings (SSSR count). The first-order valence-electron chi connectivity index (χ1n) is 9.10. The van der Waals surface area contributed by atoms with Crippen LogP contribution in [-0.4, -0.2) is 33.6 Å². The van der Waals surface area contributed by atoms with Crippen molar-refractivity contribution in [1.29, 1.82) is 0 Å². The molecule has 5 nitrogen and oxygen atoms in total. The lowest BCUT2D eigenvalue weighted by molar-refractivity contribution is 0.214. The summed E-state index contributed by atoms with van der Waals surface area (Å²) in [5, 5.41) is 0. The van der Waals surface area contributed by atoms with Gasteiger partial charge < -0.3 is 4.90 Å². The van der Waals surface area contributed by atoms with Crippen LogP contribution in [0.25, 0.3) is 16.9 Å². The first kappa shape index (κ1) is 15.2. The SMILES string of the molecule is O=C(N1CCCC1)N1Cc2c(-c3ccccc3)ncn2-c2ccccc21. The van der Waals surface area contributed by atoms with Crippen LogP contribution in [0.1, 0.15) is 18.5 Å². The minimum Gasteiger partial charge on any atom is -0.324 e. The van der Waals surface area contributed by atoms with E-state index in [4.69, 9.17) is 0 Å². The molecule has 2 aliphatic rings. The molecule has 26 heavy (non-hydrogen) atoms. The fourth-order valence-electron chi connectivity index (χ4n) is 3.95. The van der Waals surface area contributed by atoms with Gasteiger partial charge in [0, 0.05) is 18.7 Å². The van der Waals surface area contributed by atoms with Gasteiger partial charge in [0.15, 0.2) is 0 Å². The number of anilines is 1. The average Bonchev–Trinajstić information content (AvgIpc) is 3.37. The van der Waals surface area contributed by atoms with E-state index in [0.717, 1.165) is 54.3 Å². The molecule has 0 aliphatic carbocycles. The molecule has 1 saturated heterocycles. The van der Waals surface area contributed by atoms with Crippen LogP contribution < -0.4 is 4.90 Å². The number of urea groups is 1. The van der Waals surface area contributed by atoms with Gasteiger partial charge in [-0.15, -0.1) is 0 Å². The Morgan fingerprint density at radius 2 is 1.58 bits per heavy atom. The monoisotopic (exact) mass is 344 g/mol. The van der Waals surface area contributed by atoms with E-state index in [1.54, 1.807) is 0 Å². The number of carbonyl (C=O) groups excluding carboxylic acids is 1. The lowest BCUT2D eigenvalue weighted by Gasteiger charge is -2.33. The highest BCUT2D eigenvalue weighted by Crippen LogP contribution is 2.36. The van der Waals surface area contributed by atoms with E-state index in [9.17, 15) is 4.79 Å². The summed E-state index contributed by atoms with van der Waals surface area (Å²) in [5.74, 6) is 0. The third-order valence-corrected chi connectivity index (χ3v) is 5.26. The van der Waals surface area contributed by atoms with Gasteiger partial charge in [-0.2, -0.15) is 0 Å². The highest BCUT2D eigenvalue weighted by molar-refractivity contribution is 5.95. The van der Waals surface area contributed by atoms with Crippen molar-refractivity contribution in [3.63, 3.8) is 0 Å². The van der Waals surface area contributed by atoms with Crippen molar-refractivity contribution in [2.24, 2.45) is 0 Å². The Hall–Kier alpha value is -3.08. The van der Waals surface area contributed by atoms with E-state index in [-0.39, 0.29) is 6.03 Å². The third kappa shape index (κ3) is 2.31. The number of carbonyl (C=O) groups is 1. The zero-order valence-corrected chi connectivity index (χ0v) is 14.5. The van der Waals surface area contributed by atoms with Gasteiger partial charge in [0.05, 0.1) is 29.3 Å². The molecular formula is C21H20N4O. The minimum absolute atomic E-state index is 0.0985. The number of aromatic nitrogens is 2. The van der Waals surface area contributed by atoms with Crippen molar-refractivity contribution in [3.8, 4) is 16.9 Å². The van der Waals surface area contributed by atoms with Crippen molar-refractivity contribution in [2.75, 3.05) is 18.0 Å². The minimum atomic E-state index is 0.0985. The van der Waals surface area contributed by atoms with E-state index in [2.05, 4.69) is 27.8 Å². The molecule has 2 aliphatic heterocycles. The number of hydrogen-bond acceptors (Lipinski definition) is 2. The molecule has 1 fully saturated rings. The van der Waals surface area contributed by atoms with Crippen LogP contribution in [-0.2, 0) is 6.54 Å². The zero-order chi connectivity index (χ0) is 17.5. The molecule has 3 heterocycles. The Morgan fingerprint density at radius 3 is 2.35 bits per heavy atom. The zero-order valence-electron chi connectivity index (χ0n) is 14.5. The molecule has 1 aromatic heterocycles. The molecule has 0 unspecified atom stereocenters. The van der Waals surface area contributed by atoms with E-state index >= 15 is 0 Å². The molecule has 0 N–H and O–H groups in total. The van der Waals surface area contributed by atoms with E-state index in [0.29, 0.717) is 6.54 Å². The molecule has 0 spiro atoms. The summed E-state index contributed by atoms with van der Waals surface area (Å²) in [4.78, 5) is 21.7. The van der Waals surface area contributed by atoms with Crippen LogP contribution in [0, 0.1) is 0 Å². The van der Waals surface area contributed by atoms with E-state index < -0.39 is 0 Å². The fourth-order valence-corrected chi connectivity index (χ4v) is 3.95. The number of rotatable bonds is 1. The molecule has 2 aromatic carbocycles. The van der Waals surface area contributed by atoms with Gasteiger partial charge in [-0.25, -0.2) is 9.78 Å². The van der Waals surface area contributed by atoms with Crippen LogP contribution >= 0.6 is 0 Å². The summed E-state index contributed by atoms with van der Waals surface area (Å²) in [6.07, 6.45) is 4.05. The summed E-state index contributed by atoms with van der Waals surface area (Å²) in [6.45, 7) is 2.24. The number of nitrogens with zero attached hydrogens (tertiary/aromatic N) is 4. The number of hydrogen-bond donors (Lipinski definition) is 0. The molecular weight excluding hydrogens is 324 g/mol. The molecule has 0 atom stereocenters. The van der Waals surface area contributed by atoms with Crippen LogP contribution in [0.4, 0.5) is 10.5 Å². The number of likely N-dealkylation sites (tertiary alicyclic amines) is 1. The summed E-state index contributed by atoms with van der Waals surface area (Å²) in [6, 6.07) is 18.3. The highest BCUT2D eigenvalue weighted by atomic mass is 16.2. The van der Waals surface area contributed by atoms with Crippen LogP contribution in [0.2, 0.25) is 0 Å². The number of benzene rings is 2. The van der Waals surface area contributed by atoms with E-state index in [1.165, 1.54) is 0 Å². The van der Waals surface area contributed by atoms with Gasteiger partial charge >= 0.3 is 6.03 Å². The Labute approximate surface area is 152 Å². The van der Waals surface area contributed by atoms with Crippen molar-refractivity contribution >= 4 is 11.7 Å². The maximum atomic E-state index is 13.2. The molecule has 5 heteroatoms. The van der Waals surface area contributed by atoms with Crippen LogP contribution in [0.15, 0.2) is 60.9 Å². The standard InChI is InChI=1S/C21H20N4O/c26-21(23-12-6-7-13-23)24-14-19-20(16-8-2-1-3-9-16)22-15-25(19)18-11-5-4-10-17(18)24/h1-5,8-11,15H,6-7,12-14H2. The Morgan fingerprint density at radius 1 is 0.885 bits per heavy atom. The molecule has 0 radical (unpaired) electrons. The molecule has 3 aromatic rings. The van der Waals surface area contributed by atoms with Gasteiger partial charge in [-0.3, -0.25) is 9.47 Å². The highest BCUT2D eigenvalue weighted by Gasteiger charge is 2.32. The topological polar surface area (TPSA) is 41.4 Å². The smallest absolute Gasteiger partial charge is 0.324 e. The largest absolute Gasteiger partial charge is 0.324 e. The van der Waals surface area contributed by atoms with Crippen molar-refractivity contribution in [3.05, 3.63) is 66.6 Å². The Balaban J connectivity index is 1.62. The first-order valence-corrected chi connectivity index (χ1v) is 9.10. The first-order chi connectivity index (χ1) is 12.8. The quantitative estimate of drug-likeness (QED) is 0.667. The third-order valence-electron chi connectivity index (χ3n) is 5.26. The second-order valence-electron chi connectivity index (χ2n) is 6.83. The summed E-state index contributed by atoms with van der Waals surface area (Å²) >= 11 is 0. The fraction of sp³-hybridized carbons (Fsp3) is 0.238. The van der Waals surface area contributed by atoms with Gasteiger partial charge in [-0.1, -0.05) is 42.5 Å². The van der Waals surface area contributed by atoms with Gasteiger partial charge in [0.25, 0.3) is 0 Å². The molecule has 2 amide bonds. The lowest BCUT2D eigenvalue weighted by atomic mass is 10.1. The van der Waals surface area contributed by atoms with Crippen LogP contribution in [0.3, 0.4) is 0 Å². The average molecular weight is 344 g/mol. The maximum absolute atomic E-state index is 13.2. The number of amides is 2. The van der Waals surface area contributed by atoms with Crippen molar-refractivity contribution < 1.29 is 4.79 Å². The maximum Gasteiger partial charge on any atom is 0.324 e. The molecule has 130 valence electrons. The predicted molar refractivity (Wildman–Crippen MR) is 101 cm³/mol. The molecule has 0 saturated carbocycles. The van der Waals surface area contributed by atoms with Gasteiger partial charge in [0.1, 0.15) is 6.33 Å². The number of para-hydroxylation sites is 2. The van der Waals surface area contributed by atoms with Gasteiger partial charge in [0.2, 0.25) is 0 Å². The normalized spacial score (nSPS) is 15.7. The van der Waals surface area contributed by atoms with Crippen molar-refractivity contribution in [1.82, 2.24) is 14.5 Å². The number of imidazole rings is 1. The van der Waals surface area contributed by atoms with E-state index in [1.807, 2.05) is 52.5 Å². The summed E-state index contributed by atoms with van der Waals surface area (Å²) < 4.78 is 2.12. The second kappa shape index (κ2) is 6.02. The lowest BCUT2D eigenvalue weighted by Crippen LogP contribution is -2.43. The Bertz CT molecular complexity index is 944. The second-order valence-corrected chi connectivity index (χ2v) is 6.83. The molecule has 0 bridgehead atoms. The number of fused-ring (bicyclic) bond motifs is 3. The predicted octanol–water partition coefficient (Wildman–Crippen LogP) is 4.08. The van der Waals surface area contributed by atoms with Gasteiger partial charge in [-0.05, 0) is 25.0 Å². The summed E-state index contributed by atoms with van der Waals surface area (Å²) in [7, 11) is 0. The van der Waals surface area contributed by atoms with Crippen LogP contribution in [0.5, 0.6) is 0 Å². The Kier molecular flexibility index (Phi) is 3.52. The summed E-state index contributed by atoms with van der Waals surface area (Å²) in [5.41, 5.74) is 5.04.